The minimum Gasteiger partial charge on any atom is -0.335 e. The lowest BCUT2D eigenvalue weighted by molar-refractivity contribution is 0.784. The summed E-state index contributed by atoms with van der Waals surface area (Å²) in [5.41, 5.74) is 2.37. The van der Waals surface area contributed by atoms with Crippen molar-refractivity contribution >= 4 is 39.5 Å². The van der Waals surface area contributed by atoms with Crippen LogP contribution in [0.3, 0.4) is 0 Å². The van der Waals surface area contributed by atoms with E-state index in [4.69, 9.17) is 12.2 Å². The summed E-state index contributed by atoms with van der Waals surface area (Å²) >= 11 is 10.4. The van der Waals surface area contributed by atoms with Crippen LogP contribution in [0.4, 0.5) is 0 Å². The smallest absolute Gasteiger partial charge is 0.177 e. The van der Waals surface area contributed by atoms with Crippen molar-refractivity contribution in [1.82, 2.24) is 9.55 Å². The number of thiophene rings is 1. The summed E-state index contributed by atoms with van der Waals surface area (Å²) in [5.74, 6) is 0. The number of hydrogen-bond acceptors (Lipinski definition) is 2. The van der Waals surface area contributed by atoms with E-state index >= 15 is 0 Å². The fourth-order valence-electron chi connectivity index (χ4n) is 1.30. The number of halogens is 1. The van der Waals surface area contributed by atoms with Crippen LogP contribution in [-0.4, -0.2) is 9.55 Å². The Morgan fingerprint density at radius 1 is 1.64 bits per heavy atom. The Morgan fingerprint density at radius 3 is 2.93 bits per heavy atom. The molecule has 0 saturated carbocycles. The lowest BCUT2D eigenvalue weighted by atomic mass is 10.3. The van der Waals surface area contributed by atoms with Crippen molar-refractivity contribution in [3.8, 4) is 0 Å². The number of aromatic nitrogens is 2. The standard InChI is InChI=1S/C9H9BrN2S2/c1-6-4-12(9(13)11-6)5-7-2-3-14-8(7)10/h2-4H,5H2,1H3,(H,11,13). The molecule has 2 heterocycles. The average Bonchev–Trinajstić information content (AvgIpc) is 2.62. The van der Waals surface area contributed by atoms with Gasteiger partial charge in [-0.15, -0.1) is 11.3 Å². The van der Waals surface area contributed by atoms with Crippen LogP contribution in [0.2, 0.25) is 0 Å². The molecule has 2 aromatic rings. The molecular formula is C9H9BrN2S2. The molecule has 0 spiro atoms. The zero-order valence-electron chi connectivity index (χ0n) is 7.58. The summed E-state index contributed by atoms with van der Waals surface area (Å²) in [5, 5.41) is 2.07. The van der Waals surface area contributed by atoms with Gasteiger partial charge in [0.2, 0.25) is 0 Å². The van der Waals surface area contributed by atoms with Crippen LogP contribution >= 0.6 is 39.5 Å². The van der Waals surface area contributed by atoms with E-state index in [1.807, 2.05) is 17.7 Å². The quantitative estimate of drug-likeness (QED) is 0.836. The van der Waals surface area contributed by atoms with Crippen LogP contribution in [0.15, 0.2) is 21.4 Å². The van der Waals surface area contributed by atoms with E-state index in [0.29, 0.717) is 0 Å². The van der Waals surface area contributed by atoms with E-state index in [1.165, 1.54) is 9.35 Å². The van der Waals surface area contributed by atoms with Crippen molar-refractivity contribution in [2.75, 3.05) is 0 Å². The molecule has 0 fully saturated rings. The number of rotatable bonds is 2. The summed E-state index contributed by atoms with van der Waals surface area (Å²) in [7, 11) is 0. The van der Waals surface area contributed by atoms with Gasteiger partial charge in [-0.2, -0.15) is 0 Å². The minimum atomic E-state index is 0.778. The average molecular weight is 289 g/mol. The molecule has 0 aromatic carbocycles. The largest absolute Gasteiger partial charge is 0.335 e. The minimum absolute atomic E-state index is 0.778. The van der Waals surface area contributed by atoms with E-state index < -0.39 is 0 Å². The Balaban J connectivity index is 2.31. The van der Waals surface area contributed by atoms with Crippen LogP contribution in [-0.2, 0) is 6.54 Å². The third kappa shape index (κ3) is 1.99. The van der Waals surface area contributed by atoms with Gasteiger partial charge in [0.15, 0.2) is 4.77 Å². The van der Waals surface area contributed by atoms with E-state index in [1.54, 1.807) is 11.3 Å². The number of aromatic amines is 1. The zero-order chi connectivity index (χ0) is 10.1. The first-order chi connectivity index (χ1) is 6.66. The molecule has 0 radical (unpaired) electrons. The van der Waals surface area contributed by atoms with Gasteiger partial charge in [0, 0.05) is 11.9 Å². The van der Waals surface area contributed by atoms with Crippen LogP contribution in [0.1, 0.15) is 11.3 Å². The molecule has 14 heavy (non-hydrogen) atoms. The molecule has 2 rings (SSSR count). The monoisotopic (exact) mass is 288 g/mol. The molecule has 0 aliphatic rings. The van der Waals surface area contributed by atoms with Gasteiger partial charge in [-0.3, -0.25) is 0 Å². The van der Waals surface area contributed by atoms with Gasteiger partial charge in [0.25, 0.3) is 0 Å². The summed E-state index contributed by atoms with van der Waals surface area (Å²) in [4.78, 5) is 3.11. The van der Waals surface area contributed by atoms with Crippen molar-refractivity contribution < 1.29 is 0 Å². The summed E-state index contributed by atoms with van der Waals surface area (Å²) < 4.78 is 4.00. The summed E-state index contributed by atoms with van der Waals surface area (Å²) in [6.45, 7) is 2.84. The van der Waals surface area contributed by atoms with Crippen molar-refractivity contribution in [2.45, 2.75) is 13.5 Å². The lowest BCUT2D eigenvalue weighted by Crippen LogP contribution is -1.96. The van der Waals surface area contributed by atoms with E-state index in [9.17, 15) is 0 Å². The molecule has 0 saturated heterocycles. The Kier molecular flexibility index (Phi) is 2.90. The molecule has 5 heteroatoms. The molecule has 0 amide bonds. The highest BCUT2D eigenvalue weighted by atomic mass is 79.9. The highest BCUT2D eigenvalue weighted by Crippen LogP contribution is 2.24. The van der Waals surface area contributed by atoms with Crippen LogP contribution in [0.25, 0.3) is 0 Å². The molecule has 2 aromatic heterocycles. The van der Waals surface area contributed by atoms with E-state index in [-0.39, 0.29) is 0 Å². The number of nitrogens with zero attached hydrogens (tertiary/aromatic N) is 1. The van der Waals surface area contributed by atoms with Gasteiger partial charge < -0.3 is 9.55 Å². The molecule has 0 aliphatic carbocycles. The number of aryl methyl sites for hydroxylation is 1. The fraction of sp³-hybridized carbons (Fsp3) is 0.222. The molecule has 74 valence electrons. The highest BCUT2D eigenvalue weighted by molar-refractivity contribution is 9.11. The summed E-state index contributed by atoms with van der Waals surface area (Å²) in [6, 6.07) is 2.11. The first-order valence-corrected chi connectivity index (χ1v) is 6.23. The number of H-pyrrole nitrogens is 1. The molecule has 0 aliphatic heterocycles. The molecule has 0 unspecified atom stereocenters. The molecule has 1 N–H and O–H groups in total. The number of imidazole rings is 1. The van der Waals surface area contributed by atoms with E-state index in [0.717, 1.165) is 17.0 Å². The van der Waals surface area contributed by atoms with Gasteiger partial charge in [0.1, 0.15) is 0 Å². The molecule has 0 bridgehead atoms. The Bertz CT molecular complexity index is 495. The maximum Gasteiger partial charge on any atom is 0.177 e. The van der Waals surface area contributed by atoms with Crippen LogP contribution in [0, 0.1) is 11.7 Å². The van der Waals surface area contributed by atoms with Crippen LogP contribution in [0.5, 0.6) is 0 Å². The van der Waals surface area contributed by atoms with Gasteiger partial charge in [-0.05, 0) is 52.1 Å². The fourth-order valence-corrected chi connectivity index (χ4v) is 2.79. The normalized spacial score (nSPS) is 10.7. The maximum absolute atomic E-state index is 5.18. The number of hydrogen-bond donors (Lipinski definition) is 1. The van der Waals surface area contributed by atoms with Crippen LogP contribution < -0.4 is 0 Å². The predicted octanol–water partition coefficient (Wildman–Crippen LogP) is 3.73. The highest BCUT2D eigenvalue weighted by Gasteiger charge is 2.03. The van der Waals surface area contributed by atoms with Crippen molar-refractivity contribution in [3.63, 3.8) is 0 Å². The number of nitrogens with one attached hydrogen (secondary N) is 1. The Hall–Kier alpha value is -0.390. The predicted molar refractivity (Wildman–Crippen MR) is 65.5 cm³/mol. The third-order valence-corrected chi connectivity index (χ3v) is 4.10. The second kappa shape index (κ2) is 4.00. The SMILES string of the molecule is Cc1cn(Cc2ccsc2Br)c(=S)[nH]1. The maximum atomic E-state index is 5.18. The Morgan fingerprint density at radius 2 is 2.43 bits per heavy atom. The van der Waals surface area contributed by atoms with Crippen molar-refractivity contribution in [1.29, 1.82) is 0 Å². The first kappa shape index (κ1) is 10.1. The molecule has 2 nitrogen and oxygen atoms in total. The van der Waals surface area contributed by atoms with Gasteiger partial charge >= 0.3 is 0 Å². The lowest BCUT2D eigenvalue weighted by Gasteiger charge is -1.99. The Labute approximate surface area is 99.7 Å². The second-order valence-electron chi connectivity index (χ2n) is 3.09. The topological polar surface area (TPSA) is 20.7 Å². The van der Waals surface area contributed by atoms with Crippen molar-refractivity contribution in [2.24, 2.45) is 0 Å². The molecule has 0 atom stereocenters. The van der Waals surface area contributed by atoms with E-state index in [2.05, 4.69) is 32.4 Å². The third-order valence-electron chi connectivity index (χ3n) is 1.95. The second-order valence-corrected chi connectivity index (χ2v) is 5.71. The first-order valence-electron chi connectivity index (χ1n) is 4.15. The van der Waals surface area contributed by atoms with Crippen molar-refractivity contribution in [3.05, 3.63) is 37.5 Å². The van der Waals surface area contributed by atoms with Gasteiger partial charge in [-0.1, -0.05) is 0 Å². The van der Waals surface area contributed by atoms with Gasteiger partial charge in [-0.25, -0.2) is 0 Å². The van der Waals surface area contributed by atoms with Gasteiger partial charge in [0.05, 0.1) is 10.3 Å². The summed E-state index contributed by atoms with van der Waals surface area (Å²) in [6.07, 6.45) is 2.03. The zero-order valence-corrected chi connectivity index (χ0v) is 10.8. The molecular weight excluding hydrogens is 280 g/mol.